The van der Waals surface area contributed by atoms with Gasteiger partial charge in [0.25, 0.3) is 5.69 Å². The van der Waals surface area contributed by atoms with Gasteiger partial charge in [0.15, 0.2) is 0 Å². The Bertz CT molecular complexity index is 556. The number of carboxylic acids is 1. The quantitative estimate of drug-likeness (QED) is 0.669. The van der Waals surface area contributed by atoms with Gasteiger partial charge in [-0.1, -0.05) is 0 Å². The number of nitrogens with zero attached hydrogens (tertiary/aromatic N) is 2. The molecule has 1 heterocycles. The summed E-state index contributed by atoms with van der Waals surface area (Å²) >= 11 is 0. The molecule has 2 rings (SSSR count). The van der Waals surface area contributed by atoms with Crippen molar-refractivity contribution in [2.75, 3.05) is 6.54 Å². The molecular weight excluding hydrogens is 280 g/mol. The summed E-state index contributed by atoms with van der Waals surface area (Å²) in [5, 5.41) is 19.5. The highest BCUT2D eigenvalue weighted by molar-refractivity contribution is 5.80. The van der Waals surface area contributed by atoms with Gasteiger partial charge in [-0.15, -0.1) is 0 Å². The van der Waals surface area contributed by atoms with Crippen LogP contribution in [0.5, 0.6) is 0 Å². The zero-order valence-corrected chi connectivity index (χ0v) is 11.1. The van der Waals surface area contributed by atoms with Crippen LogP contribution in [0, 0.1) is 10.1 Å². The Balaban J connectivity index is 1.91. The molecular formula is C13H14N2O6. The number of hydrogen-bond acceptors (Lipinski definition) is 5. The number of carbonyl (C=O) groups excluding carboxylic acids is 1. The summed E-state index contributed by atoms with van der Waals surface area (Å²) in [6.07, 6.45) is 0.365. The molecule has 0 bridgehead atoms. The van der Waals surface area contributed by atoms with E-state index in [-0.39, 0.29) is 12.3 Å². The molecule has 1 aliphatic heterocycles. The van der Waals surface area contributed by atoms with Crippen LogP contribution in [0.15, 0.2) is 24.3 Å². The number of nitro groups is 1. The number of rotatable bonds is 4. The number of ether oxygens (including phenoxy) is 1. The molecule has 1 aromatic rings. The first-order valence-electron chi connectivity index (χ1n) is 6.38. The molecule has 21 heavy (non-hydrogen) atoms. The summed E-state index contributed by atoms with van der Waals surface area (Å²) in [6, 6.07) is 4.78. The zero-order valence-electron chi connectivity index (χ0n) is 11.1. The fourth-order valence-electron chi connectivity index (χ4n) is 2.18. The molecule has 1 saturated heterocycles. The van der Waals surface area contributed by atoms with E-state index in [9.17, 15) is 19.7 Å². The molecule has 0 aliphatic carbocycles. The predicted octanol–water partition coefficient (Wildman–Crippen LogP) is 1.78. The smallest absolute Gasteiger partial charge is 0.410 e. The van der Waals surface area contributed by atoms with Crippen LogP contribution in [0.4, 0.5) is 10.5 Å². The van der Waals surface area contributed by atoms with E-state index < -0.39 is 23.0 Å². The van der Waals surface area contributed by atoms with E-state index in [4.69, 9.17) is 9.84 Å². The zero-order chi connectivity index (χ0) is 15.4. The van der Waals surface area contributed by atoms with Crippen molar-refractivity contribution < 1.29 is 24.4 Å². The van der Waals surface area contributed by atoms with Gasteiger partial charge in [0.05, 0.1) is 4.92 Å². The highest BCUT2D eigenvalue weighted by atomic mass is 16.6. The topological polar surface area (TPSA) is 110 Å². The van der Waals surface area contributed by atoms with Gasteiger partial charge in [-0.05, 0) is 30.5 Å². The number of likely N-dealkylation sites (tertiary alicyclic amines) is 1. The van der Waals surface area contributed by atoms with Gasteiger partial charge in [-0.2, -0.15) is 0 Å². The maximum Gasteiger partial charge on any atom is 0.410 e. The van der Waals surface area contributed by atoms with Crippen LogP contribution < -0.4 is 0 Å². The minimum atomic E-state index is -1.04. The largest absolute Gasteiger partial charge is 0.480 e. The molecule has 1 N–H and O–H groups in total. The van der Waals surface area contributed by atoms with Crippen molar-refractivity contribution in [1.29, 1.82) is 0 Å². The first-order valence-corrected chi connectivity index (χ1v) is 6.38. The van der Waals surface area contributed by atoms with E-state index in [0.717, 1.165) is 0 Å². The molecule has 1 fully saturated rings. The lowest BCUT2D eigenvalue weighted by Crippen LogP contribution is -2.40. The van der Waals surface area contributed by atoms with E-state index in [0.29, 0.717) is 24.9 Å². The third-order valence-corrected chi connectivity index (χ3v) is 3.28. The third kappa shape index (κ3) is 3.47. The summed E-state index contributed by atoms with van der Waals surface area (Å²) < 4.78 is 5.05. The normalized spacial score (nSPS) is 17.5. The number of carboxylic acid groups (broad SMARTS) is 1. The van der Waals surface area contributed by atoms with Gasteiger partial charge in [-0.25, -0.2) is 9.59 Å². The minimum absolute atomic E-state index is 0.0458. The Morgan fingerprint density at radius 2 is 2.05 bits per heavy atom. The Hall–Kier alpha value is -2.64. The Kier molecular flexibility index (Phi) is 4.36. The van der Waals surface area contributed by atoms with Crippen LogP contribution in [0.3, 0.4) is 0 Å². The maximum atomic E-state index is 11.8. The van der Waals surface area contributed by atoms with Crippen LogP contribution in [0.25, 0.3) is 0 Å². The van der Waals surface area contributed by atoms with Crippen LogP contribution in [0.2, 0.25) is 0 Å². The molecule has 0 radical (unpaired) electrons. The lowest BCUT2D eigenvalue weighted by atomic mass is 10.2. The van der Waals surface area contributed by atoms with Crippen LogP contribution in [-0.4, -0.2) is 39.6 Å². The molecule has 112 valence electrons. The predicted molar refractivity (Wildman–Crippen MR) is 70.6 cm³/mol. The van der Waals surface area contributed by atoms with Crippen molar-refractivity contribution in [3.05, 3.63) is 39.9 Å². The van der Waals surface area contributed by atoms with Gasteiger partial charge in [0.1, 0.15) is 12.6 Å². The molecule has 0 unspecified atom stereocenters. The standard InChI is InChI=1S/C13H14N2O6/c16-12(17)11-2-1-7-14(11)13(18)21-8-9-3-5-10(6-4-9)15(19)20/h3-6,11H,1-2,7-8H2,(H,16,17)/t11-/m1/s1. The van der Waals surface area contributed by atoms with Gasteiger partial charge >= 0.3 is 12.1 Å². The average Bonchev–Trinajstić information content (AvgIpc) is 2.95. The van der Waals surface area contributed by atoms with Crippen molar-refractivity contribution >= 4 is 17.7 Å². The minimum Gasteiger partial charge on any atom is -0.480 e. The fourth-order valence-corrected chi connectivity index (χ4v) is 2.18. The van der Waals surface area contributed by atoms with E-state index >= 15 is 0 Å². The van der Waals surface area contributed by atoms with Gasteiger partial charge in [-0.3, -0.25) is 15.0 Å². The first-order chi connectivity index (χ1) is 9.99. The fraction of sp³-hybridized carbons (Fsp3) is 0.385. The number of hydrogen-bond donors (Lipinski definition) is 1. The molecule has 1 aliphatic rings. The lowest BCUT2D eigenvalue weighted by Gasteiger charge is -2.20. The third-order valence-electron chi connectivity index (χ3n) is 3.28. The van der Waals surface area contributed by atoms with Crippen LogP contribution in [-0.2, 0) is 16.1 Å². The average molecular weight is 294 g/mol. The second-order valence-corrected chi connectivity index (χ2v) is 4.67. The van der Waals surface area contributed by atoms with Crippen molar-refractivity contribution in [2.24, 2.45) is 0 Å². The Morgan fingerprint density at radius 1 is 1.38 bits per heavy atom. The van der Waals surface area contributed by atoms with Crippen LogP contribution in [0.1, 0.15) is 18.4 Å². The van der Waals surface area contributed by atoms with Gasteiger partial charge in [0.2, 0.25) is 0 Å². The molecule has 8 nitrogen and oxygen atoms in total. The summed E-state index contributed by atoms with van der Waals surface area (Å²) in [6.45, 7) is 0.301. The van der Waals surface area contributed by atoms with Crippen molar-refractivity contribution in [2.45, 2.75) is 25.5 Å². The lowest BCUT2D eigenvalue weighted by molar-refractivity contribution is -0.384. The maximum absolute atomic E-state index is 11.8. The summed E-state index contributed by atoms with van der Waals surface area (Å²) in [5.41, 5.74) is 0.551. The van der Waals surface area contributed by atoms with Crippen molar-refractivity contribution in [3.63, 3.8) is 0 Å². The molecule has 0 aromatic heterocycles. The molecule has 1 aromatic carbocycles. The van der Waals surface area contributed by atoms with E-state index in [1.165, 1.54) is 29.2 Å². The first kappa shape index (κ1) is 14.8. The number of aliphatic carboxylic acids is 1. The van der Waals surface area contributed by atoms with Gasteiger partial charge in [0, 0.05) is 18.7 Å². The second kappa shape index (κ2) is 6.21. The number of benzene rings is 1. The van der Waals surface area contributed by atoms with Crippen molar-refractivity contribution in [1.82, 2.24) is 4.90 Å². The van der Waals surface area contributed by atoms with Crippen molar-refractivity contribution in [3.8, 4) is 0 Å². The van der Waals surface area contributed by atoms with E-state index in [1.807, 2.05) is 0 Å². The summed E-state index contributed by atoms with van der Waals surface area (Å²) in [5.74, 6) is -1.04. The molecule has 8 heteroatoms. The number of non-ortho nitro benzene ring substituents is 1. The highest BCUT2D eigenvalue weighted by Crippen LogP contribution is 2.19. The second-order valence-electron chi connectivity index (χ2n) is 4.67. The molecule has 0 saturated carbocycles. The monoisotopic (exact) mass is 294 g/mol. The molecule has 0 spiro atoms. The number of amides is 1. The Labute approximate surface area is 120 Å². The number of nitro benzene ring substituents is 1. The van der Waals surface area contributed by atoms with Gasteiger partial charge < -0.3 is 9.84 Å². The Morgan fingerprint density at radius 3 is 2.62 bits per heavy atom. The van der Waals surface area contributed by atoms with Crippen LogP contribution >= 0.6 is 0 Å². The number of carbonyl (C=O) groups is 2. The summed E-state index contributed by atoms with van der Waals surface area (Å²) in [7, 11) is 0. The van der Waals surface area contributed by atoms with E-state index in [2.05, 4.69) is 0 Å². The highest BCUT2D eigenvalue weighted by Gasteiger charge is 2.34. The van der Waals surface area contributed by atoms with E-state index in [1.54, 1.807) is 0 Å². The molecule has 1 atom stereocenters. The SMILES string of the molecule is O=C(O)[C@H]1CCCN1C(=O)OCc1ccc([N+](=O)[O-])cc1. The summed E-state index contributed by atoms with van der Waals surface area (Å²) in [4.78, 5) is 34.0. The molecule has 1 amide bonds.